The fraction of sp³-hybridized carbons (Fsp3) is 0.273. The van der Waals surface area contributed by atoms with Crippen LogP contribution in [0.2, 0.25) is 0 Å². The molecule has 0 heterocycles. The van der Waals surface area contributed by atoms with E-state index in [9.17, 15) is 9.59 Å². The van der Waals surface area contributed by atoms with Gasteiger partial charge in [-0.1, -0.05) is 22.9 Å². The van der Waals surface area contributed by atoms with Crippen LogP contribution in [0.5, 0.6) is 0 Å². The van der Waals surface area contributed by atoms with E-state index in [1.54, 1.807) is 13.0 Å². The molecule has 0 saturated carbocycles. The fourth-order valence-corrected chi connectivity index (χ4v) is 1.70. The number of benzene rings is 1. The maximum absolute atomic E-state index is 11.5. The molecule has 0 aliphatic carbocycles. The number of hydrogen-bond donors (Lipinski definition) is 3. The Morgan fingerprint density at radius 2 is 2.12 bits per heavy atom. The number of anilines is 1. The highest BCUT2D eigenvalue weighted by Crippen LogP contribution is 2.20. The first-order valence-electron chi connectivity index (χ1n) is 5.04. The lowest BCUT2D eigenvalue weighted by molar-refractivity contribution is -0.117. The summed E-state index contributed by atoms with van der Waals surface area (Å²) in [5, 5.41) is 11.4. The predicted octanol–water partition coefficient (Wildman–Crippen LogP) is 1.82. The number of hydrogen-bond acceptors (Lipinski definition) is 3. The summed E-state index contributed by atoms with van der Waals surface area (Å²) in [6, 6.07) is 3.86. The Balaban J connectivity index is 2.92. The number of nitrogens with two attached hydrogens (primary N) is 1. The maximum Gasteiger partial charge on any atom is 0.335 e. The van der Waals surface area contributed by atoms with Crippen molar-refractivity contribution in [3.05, 3.63) is 28.2 Å². The number of rotatable bonds is 4. The van der Waals surface area contributed by atoms with Crippen molar-refractivity contribution < 1.29 is 14.7 Å². The van der Waals surface area contributed by atoms with Crippen molar-refractivity contribution in [1.29, 1.82) is 0 Å². The zero-order valence-electron chi connectivity index (χ0n) is 9.24. The molecule has 0 aliphatic rings. The Bertz CT molecular complexity index is 448. The van der Waals surface area contributed by atoms with Crippen molar-refractivity contribution >= 4 is 33.5 Å². The first-order chi connectivity index (χ1) is 7.93. The van der Waals surface area contributed by atoms with Crippen LogP contribution in [0.15, 0.2) is 22.7 Å². The van der Waals surface area contributed by atoms with Gasteiger partial charge in [-0.15, -0.1) is 0 Å². The van der Waals surface area contributed by atoms with Crippen LogP contribution in [0.1, 0.15) is 23.7 Å². The lowest BCUT2D eigenvalue weighted by Gasteiger charge is -2.10. The maximum atomic E-state index is 11.5. The summed E-state index contributed by atoms with van der Waals surface area (Å²) in [4.78, 5) is 22.4. The minimum Gasteiger partial charge on any atom is -0.478 e. The standard InChI is InChI=1S/C11H13BrN2O3/c1-2-9(13)10(15)14-8-4-6(11(16)17)3-7(12)5-8/h3-5,9H,2,13H2,1H3,(H,14,15)(H,16,17)/t9-/m1/s1. The van der Waals surface area contributed by atoms with Crippen LogP contribution in [0.25, 0.3) is 0 Å². The Hall–Kier alpha value is -1.40. The van der Waals surface area contributed by atoms with Gasteiger partial charge in [-0.2, -0.15) is 0 Å². The number of amides is 1. The quantitative estimate of drug-likeness (QED) is 0.791. The van der Waals surface area contributed by atoms with Crippen LogP contribution in [-0.2, 0) is 4.79 Å². The molecule has 17 heavy (non-hydrogen) atoms. The molecular formula is C11H13BrN2O3. The lowest BCUT2D eigenvalue weighted by atomic mass is 10.2. The van der Waals surface area contributed by atoms with Crippen molar-refractivity contribution in [2.45, 2.75) is 19.4 Å². The van der Waals surface area contributed by atoms with Gasteiger partial charge in [0.1, 0.15) is 0 Å². The lowest BCUT2D eigenvalue weighted by Crippen LogP contribution is -2.34. The molecule has 0 unspecified atom stereocenters. The third kappa shape index (κ3) is 3.83. The second-order valence-corrected chi connectivity index (χ2v) is 4.45. The van der Waals surface area contributed by atoms with Gasteiger partial charge in [-0.3, -0.25) is 4.79 Å². The highest BCUT2D eigenvalue weighted by Gasteiger charge is 2.12. The average molecular weight is 301 g/mol. The van der Waals surface area contributed by atoms with Gasteiger partial charge < -0.3 is 16.2 Å². The Morgan fingerprint density at radius 3 is 2.65 bits per heavy atom. The molecule has 1 atom stereocenters. The second-order valence-electron chi connectivity index (χ2n) is 3.54. The van der Waals surface area contributed by atoms with Crippen LogP contribution in [0.4, 0.5) is 5.69 Å². The van der Waals surface area contributed by atoms with E-state index in [-0.39, 0.29) is 11.5 Å². The topological polar surface area (TPSA) is 92.4 Å². The smallest absolute Gasteiger partial charge is 0.335 e. The van der Waals surface area contributed by atoms with Crippen molar-refractivity contribution in [1.82, 2.24) is 0 Å². The first-order valence-corrected chi connectivity index (χ1v) is 5.83. The van der Waals surface area contributed by atoms with E-state index in [0.717, 1.165) is 0 Å². The second kappa shape index (κ2) is 5.79. The summed E-state index contributed by atoms with van der Waals surface area (Å²) >= 11 is 3.18. The van der Waals surface area contributed by atoms with Crippen molar-refractivity contribution in [3.63, 3.8) is 0 Å². The summed E-state index contributed by atoms with van der Waals surface area (Å²) in [6.07, 6.45) is 0.519. The number of halogens is 1. The monoisotopic (exact) mass is 300 g/mol. The Labute approximate surface area is 107 Å². The van der Waals surface area contributed by atoms with Gasteiger partial charge in [0.05, 0.1) is 11.6 Å². The average Bonchev–Trinajstić information content (AvgIpc) is 2.26. The molecule has 0 fully saturated rings. The molecule has 0 saturated heterocycles. The molecule has 1 amide bonds. The molecule has 6 heteroatoms. The number of aromatic carboxylic acids is 1. The fourth-order valence-electron chi connectivity index (χ4n) is 1.21. The molecule has 4 N–H and O–H groups in total. The van der Waals surface area contributed by atoms with Gasteiger partial charge >= 0.3 is 5.97 Å². The summed E-state index contributed by atoms with van der Waals surface area (Å²) < 4.78 is 0.581. The van der Waals surface area contributed by atoms with Crippen LogP contribution in [0, 0.1) is 0 Å². The first kappa shape index (κ1) is 13.7. The molecule has 0 spiro atoms. The van der Waals surface area contributed by atoms with Gasteiger partial charge in [0.2, 0.25) is 5.91 Å². The van der Waals surface area contributed by atoms with Crippen LogP contribution in [0.3, 0.4) is 0 Å². The minimum atomic E-state index is -1.05. The summed E-state index contributed by atoms with van der Waals surface area (Å²) in [5.74, 6) is -1.39. The van der Waals surface area contributed by atoms with Crippen molar-refractivity contribution in [2.24, 2.45) is 5.73 Å². The van der Waals surface area contributed by atoms with E-state index in [0.29, 0.717) is 16.6 Å². The van der Waals surface area contributed by atoms with E-state index >= 15 is 0 Å². The molecule has 1 aromatic carbocycles. The summed E-state index contributed by atoms with van der Waals surface area (Å²) in [7, 11) is 0. The molecule has 0 aliphatic heterocycles. The van der Waals surface area contributed by atoms with Crippen LogP contribution in [-0.4, -0.2) is 23.0 Å². The van der Waals surface area contributed by atoms with Crippen LogP contribution >= 0.6 is 15.9 Å². The van der Waals surface area contributed by atoms with Gasteiger partial charge in [0, 0.05) is 10.2 Å². The number of carbonyl (C=O) groups is 2. The third-order valence-electron chi connectivity index (χ3n) is 2.19. The van der Waals surface area contributed by atoms with E-state index in [1.165, 1.54) is 12.1 Å². The molecule has 5 nitrogen and oxygen atoms in total. The SMILES string of the molecule is CC[C@@H](N)C(=O)Nc1cc(Br)cc(C(=O)O)c1. The van der Waals surface area contributed by atoms with E-state index < -0.39 is 12.0 Å². The molecule has 1 rings (SSSR count). The highest BCUT2D eigenvalue weighted by molar-refractivity contribution is 9.10. The number of nitrogens with one attached hydrogen (secondary N) is 1. The molecule has 0 bridgehead atoms. The van der Waals surface area contributed by atoms with Gasteiger partial charge in [-0.25, -0.2) is 4.79 Å². The normalized spacial score (nSPS) is 11.9. The van der Waals surface area contributed by atoms with Gasteiger partial charge in [-0.05, 0) is 24.6 Å². The zero-order valence-corrected chi connectivity index (χ0v) is 10.8. The Morgan fingerprint density at radius 1 is 1.47 bits per heavy atom. The molecule has 92 valence electrons. The Kier molecular flexibility index (Phi) is 4.65. The summed E-state index contributed by atoms with van der Waals surface area (Å²) in [5.41, 5.74) is 6.07. The predicted molar refractivity (Wildman–Crippen MR) is 68.0 cm³/mol. The highest BCUT2D eigenvalue weighted by atomic mass is 79.9. The number of carbonyl (C=O) groups excluding carboxylic acids is 1. The number of carboxylic acids is 1. The minimum absolute atomic E-state index is 0.0970. The molecule has 0 aromatic heterocycles. The third-order valence-corrected chi connectivity index (χ3v) is 2.65. The van der Waals surface area contributed by atoms with E-state index in [4.69, 9.17) is 10.8 Å². The van der Waals surface area contributed by atoms with Crippen LogP contribution < -0.4 is 11.1 Å². The van der Waals surface area contributed by atoms with Crippen molar-refractivity contribution in [2.75, 3.05) is 5.32 Å². The van der Waals surface area contributed by atoms with Crippen molar-refractivity contribution in [3.8, 4) is 0 Å². The van der Waals surface area contributed by atoms with Gasteiger partial charge in [0.25, 0.3) is 0 Å². The van der Waals surface area contributed by atoms with E-state index in [2.05, 4.69) is 21.2 Å². The summed E-state index contributed by atoms with van der Waals surface area (Å²) in [6.45, 7) is 1.80. The molecular weight excluding hydrogens is 288 g/mol. The molecule has 0 radical (unpaired) electrons. The largest absolute Gasteiger partial charge is 0.478 e. The zero-order chi connectivity index (χ0) is 13.0. The molecule has 1 aromatic rings. The van der Waals surface area contributed by atoms with Gasteiger partial charge in [0.15, 0.2) is 0 Å². The van der Waals surface area contributed by atoms with E-state index in [1.807, 2.05) is 0 Å². The number of carboxylic acid groups (broad SMARTS) is 1.